The summed E-state index contributed by atoms with van der Waals surface area (Å²) >= 11 is 3.54. The van der Waals surface area contributed by atoms with Gasteiger partial charge in [0.2, 0.25) is 5.89 Å². The number of rotatable bonds is 5. The minimum Gasteiger partial charge on any atom is -0.439 e. The first-order valence-corrected chi connectivity index (χ1v) is 7.36. The lowest BCUT2D eigenvalue weighted by atomic mass is 10.1. The molecule has 0 bridgehead atoms. The highest BCUT2D eigenvalue weighted by Crippen LogP contribution is 2.27. The van der Waals surface area contributed by atoms with Crippen LogP contribution in [0.3, 0.4) is 0 Å². The van der Waals surface area contributed by atoms with Crippen LogP contribution in [0.15, 0.2) is 33.3 Å². The average molecular weight is 323 g/mol. The molecule has 1 aromatic heterocycles. The van der Waals surface area contributed by atoms with Crippen LogP contribution in [0.25, 0.3) is 11.3 Å². The first kappa shape index (κ1) is 14.3. The first-order chi connectivity index (χ1) is 9.11. The number of aromatic nitrogens is 1. The second kappa shape index (κ2) is 6.35. The Kier molecular flexibility index (Phi) is 4.77. The van der Waals surface area contributed by atoms with Crippen LogP contribution < -0.4 is 5.32 Å². The Bertz CT molecular complexity index is 551. The third-order valence-electron chi connectivity index (χ3n) is 3.05. The number of halogens is 1. The SMILES string of the molecule is CCCNC(C)c1ncc(-c2ccc(C)c(Br)c2)o1. The largest absolute Gasteiger partial charge is 0.439 e. The van der Waals surface area contributed by atoms with E-state index in [0.717, 1.165) is 34.7 Å². The van der Waals surface area contributed by atoms with Crippen LogP contribution in [0, 0.1) is 6.92 Å². The molecular weight excluding hydrogens is 304 g/mol. The smallest absolute Gasteiger partial charge is 0.211 e. The van der Waals surface area contributed by atoms with Gasteiger partial charge in [0.05, 0.1) is 12.2 Å². The molecule has 102 valence electrons. The van der Waals surface area contributed by atoms with Gasteiger partial charge in [-0.05, 0) is 38.4 Å². The molecule has 0 aliphatic rings. The van der Waals surface area contributed by atoms with Crippen molar-refractivity contribution in [1.29, 1.82) is 0 Å². The molecule has 2 aromatic rings. The maximum absolute atomic E-state index is 5.83. The zero-order valence-corrected chi connectivity index (χ0v) is 13.1. The standard InChI is InChI=1S/C15H19BrN2O/c1-4-7-17-11(3)15-18-9-14(19-15)12-6-5-10(2)13(16)8-12/h5-6,8-9,11,17H,4,7H2,1-3H3. The number of hydrogen-bond donors (Lipinski definition) is 1. The number of benzene rings is 1. The Morgan fingerprint density at radius 3 is 2.89 bits per heavy atom. The van der Waals surface area contributed by atoms with E-state index in [0.29, 0.717) is 0 Å². The van der Waals surface area contributed by atoms with Gasteiger partial charge in [-0.2, -0.15) is 0 Å². The highest BCUT2D eigenvalue weighted by atomic mass is 79.9. The van der Waals surface area contributed by atoms with Crippen molar-refractivity contribution in [3.63, 3.8) is 0 Å². The van der Waals surface area contributed by atoms with E-state index in [1.54, 1.807) is 6.20 Å². The van der Waals surface area contributed by atoms with Gasteiger partial charge in [0.1, 0.15) is 0 Å². The van der Waals surface area contributed by atoms with Crippen molar-refractivity contribution in [2.75, 3.05) is 6.54 Å². The molecule has 0 aliphatic carbocycles. The molecule has 0 fully saturated rings. The molecule has 0 saturated heterocycles. The lowest BCUT2D eigenvalue weighted by Crippen LogP contribution is -2.19. The quantitative estimate of drug-likeness (QED) is 0.882. The summed E-state index contributed by atoms with van der Waals surface area (Å²) in [7, 11) is 0. The molecule has 0 amide bonds. The van der Waals surface area contributed by atoms with Crippen molar-refractivity contribution in [2.45, 2.75) is 33.2 Å². The molecule has 19 heavy (non-hydrogen) atoms. The molecule has 0 saturated carbocycles. The number of nitrogens with zero attached hydrogens (tertiary/aromatic N) is 1. The van der Waals surface area contributed by atoms with Crippen molar-refractivity contribution < 1.29 is 4.42 Å². The predicted octanol–water partition coefficient (Wildman–Crippen LogP) is 4.47. The molecule has 0 spiro atoms. The van der Waals surface area contributed by atoms with Crippen LogP contribution in [-0.4, -0.2) is 11.5 Å². The fraction of sp³-hybridized carbons (Fsp3) is 0.400. The summed E-state index contributed by atoms with van der Waals surface area (Å²) in [5.41, 5.74) is 2.25. The van der Waals surface area contributed by atoms with Gasteiger partial charge in [-0.25, -0.2) is 4.98 Å². The van der Waals surface area contributed by atoms with E-state index in [9.17, 15) is 0 Å². The van der Waals surface area contributed by atoms with Gasteiger partial charge in [-0.3, -0.25) is 0 Å². The predicted molar refractivity (Wildman–Crippen MR) is 81.1 cm³/mol. The van der Waals surface area contributed by atoms with Crippen molar-refractivity contribution >= 4 is 15.9 Å². The molecule has 1 heterocycles. The summed E-state index contributed by atoms with van der Waals surface area (Å²) in [6, 6.07) is 6.32. The third-order valence-corrected chi connectivity index (χ3v) is 3.91. The van der Waals surface area contributed by atoms with E-state index in [2.05, 4.69) is 65.2 Å². The normalized spacial score (nSPS) is 12.6. The first-order valence-electron chi connectivity index (χ1n) is 6.57. The molecular formula is C15H19BrN2O. The highest BCUT2D eigenvalue weighted by Gasteiger charge is 2.12. The average Bonchev–Trinajstić information content (AvgIpc) is 2.89. The second-order valence-corrected chi connectivity index (χ2v) is 5.56. The number of hydrogen-bond acceptors (Lipinski definition) is 3. The van der Waals surface area contributed by atoms with E-state index in [1.165, 1.54) is 5.56 Å². The van der Waals surface area contributed by atoms with Gasteiger partial charge in [0.25, 0.3) is 0 Å². The molecule has 1 unspecified atom stereocenters. The van der Waals surface area contributed by atoms with Crippen LogP contribution in [0.5, 0.6) is 0 Å². The minimum atomic E-state index is 0.141. The van der Waals surface area contributed by atoms with Gasteiger partial charge in [0.15, 0.2) is 5.76 Å². The van der Waals surface area contributed by atoms with Crippen LogP contribution in [0.2, 0.25) is 0 Å². The summed E-state index contributed by atoms with van der Waals surface area (Å²) in [6.45, 7) is 7.24. The van der Waals surface area contributed by atoms with Gasteiger partial charge in [0, 0.05) is 10.0 Å². The summed E-state index contributed by atoms with van der Waals surface area (Å²) in [5, 5.41) is 3.37. The Balaban J connectivity index is 2.18. The lowest BCUT2D eigenvalue weighted by Gasteiger charge is -2.08. The fourth-order valence-corrected chi connectivity index (χ4v) is 2.19. The number of oxazole rings is 1. The van der Waals surface area contributed by atoms with Crippen LogP contribution in [0.1, 0.15) is 37.8 Å². The Morgan fingerprint density at radius 2 is 2.21 bits per heavy atom. The molecule has 3 nitrogen and oxygen atoms in total. The van der Waals surface area contributed by atoms with Crippen molar-refractivity contribution in [3.8, 4) is 11.3 Å². The Hall–Kier alpha value is -1.13. The topological polar surface area (TPSA) is 38.1 Å². The molecule has 1 atom stereocenters. The molecule has 2 rings (SSSR count). The zero-order chi connectivity index (χ0) is 13.8. The van der Waals surface area contributed by atoms with Crippen molar-refractivity contribution in [2.24, 2.45) is 0 Å². The van der Waals surface area contributed by atoms with Crippen LogP contribution >= 0.6 is 15.9 Å². The fourth-order valence-electron chi connectivity index (χ4n) is 1.82. The van der Waals surface area contributed by atoms with Crippen molar-refractivity contribution in [1.82, 2.24) is 10.3 Å². The monoisotopic (exact) mass is 322 g/mol. The molecule has 1 N–H and O–H groups in total. The lowest BCUT2D eigenvalue weighted by molar-refractivity contribution is 0.423. The Morgan fingerprint density at radius 1 is 1.42 bits per heavy atom. The minimum absolute atomic E-state index is 0.141. The summed E-state index contributed by atoms with van der Waals surface area (Å²) in [4.78, 5) is 4.35. The van der Waals surface area contributed by atoms with E-state index < -0.39 is 0 Å². The maximum Gasteiger partial charge on any atom is 0.211 e. The second-order valence-electron chi connectivity index (χ2n) is 4.70. The van der Waals surface area contributed by atoms with Crippen LogP contribution in [-0.2, 0) is 0 Å². The maximum atomic E-state index is 5.83. The number of aryl methyl sites for hydroxylation is 1. The highest BCUT2D eigenvalue weighted by molar-refractivity contribution is 9.10. The molecule has 1 aromatic carbocycles. The zero-order valence-electron chi connectivity index (χ0n) is 11.5. The van der Waals surface area contributed by atoms with E-state index in [-0.39, 0.29) is 6.04 Å². The molecule has 4 heteroatoms. The van der Waals surface area contributed by atoms with E-state index >= 15 is 0 Å². The van der Waals surface area contributed by atoms with Gasteiger partial charge in [-0.15, -0.1) is 0 Å². The van der Waals surface area contributed by atoms with Gasteiger partial charge >= 0.3 is 0 Å². The summed E-state index contributed by atoms with van der Waals surface area (Å²) < 4.78 is 6.91. The van der Waals surface area contributed by atoms with Gasteiger partial charge in [-0.1, -0.05) is 35.0 Å². The Labute approximate surface area is 122 Å². The molecule has 0 radical (unpaired) electrons. The number of nitrogens with one attached hydrogen (secondary N) is 1. The summed E-state index contributed by atoms with van der Waals surface area (Å²) in [5.74, 6) is 1.54. The van der Waals surface area contributed by atoms with Gasteiger partial charge < -0.3 is 9.73 Å². The van der Waals surface area contributed by atoms with Crippen molar-refractivity contribution in [3.05, 3.63) is 40.3 Å². The third kappa shape index (κ3) is 3.45. The van der Waals surface area contributed by atoms with Crippen LogP contribution in [0.4, 0.5) is 0 Å². The van der Waals surface area contributed by atoms with E-state index in [1.807, 2.05) is 0 Å². The molecule has 0 aliphatic heterocycles. The van der Waals surface area contributed by atoms with E-state index in [4.69, 9.17) is 4.42 Å². The summed E-state index contributed by atoms with van der Waals surface area (Å²) in [6.07, 6.45) is 2.89.